The van der Waals surface area contributed by atoms with E-state index in [-0.39, 0.29) is 5.57 Å². The molecule has 6 nitrogen and oxygen atoms in total. The first-order valence-corrected chi connectivity index (χ1v) is 6.94. The molecule has 0 radical (unpaired) electrons. The Hall–Kier alpha value is -3.28. The molecule has 0 spiro atoms. The van der Waals surface area contributed by atoms with Crippen molar-refractivity contribution < 1.29 is 14.4 Å². The maximum absolute atomic E-state index is 12.6. The molecule has 1 saturated heterocycles. The van der Waals surface area contributed by atoms with Gasteiger partial charge in [-0.3, -0.25) is 19.9 Å². The Morgan fingerprint density at radius 2 is 1.65 bits per heavy atom. The first kappa shape index (κ1) is 14.6. The molecular weight excluding hydrogens is 294 g/mol. The third kappa shape index (κ3) is 2.87. The van der Waals surface area contributed by atoms with E-state index in [1.54, 1.807) is 48.8 Å². The minimum atomic E-state index is -0.754. The summed E-state index contributed by atoms with van der Waals surface area (Å²) in [6.07, 6.45) is 4.55. The van der Waals surface area contributed by atoms with Crippen LogP contribution in [0.15, 0.2) is 54.4 Å². The fourth-order valence-corrected chi connectivity index (χ4v) is 2.21. The zero-order valence-corrected chi connectivity index (χ0v) is 12.3. The van der Waals surface area contributed by atoms with Crippen molar-refractivity contribution in [1.82, 2.24) is 10.3 Å². The molecular formula is C17H13N3O3. The lowest BCUT2D eigenvalue weighted by atomic mass is 10.1. The van der Waals surface area contributed by atoms with Gasteiger partial charge in [0.25, 0.3) is 11.8 Å². The molecule has 1 aromatic carbocycles. The van der Waals surface area contributed by atoms with Crippen molar-refractivity contribution in [3.8, 4) is 0 Å². The Labute approximate surface area is 132 Å². The number of carbonyl (C=O) groups is 3. The van der Waals surface area contributed by atoms with Crippen LogP contribution in [0, 0.1) is 6.92 Å². The Balaban J connectivity index is 2.01. The third-order valence-corrected chi connectivity index (χ3v) is 3.41. The van der Waals surface area contributed by atoms with Crippen molar-refractivity contribution in [3.63, 3.8) is 0 Å². The van der Waals surface area contributed by atoms with Crippen molar-refractivity contribution in [2.24, 2.45) is 0 Å². The van der Waals surface area contributed by atoms with Gasteiger partial charge in [0.05, 0.1) is 5.69 Å². The van der Waals surface area contributed by atoms with Gasteiger partial charge < -0.3 is 0 Å². The highest BCUT2D eigenvalue weighted by Crippen LogP contribution is 2.22. The van der Waals surface area contributed by atoms with Gasteiger partial charge in [-0.05, 0) is 42.8 Å². The molecule has 2 heterocycles. The Bertz CT molecular complexity index is 811. The number of imide groups is 2. The molecule has 1 N–H and O–H groups in total. The molecule has 3 rings (SSSR count). The average molecular weight is 307 g/mol. The lowest BCUT2D eigenvalue weighted by Crippen LogP contribution is -2.54. The van der Waals surface area contributed by atoms with Crippen molar-refractivity contribution in [1.29, 1.82) is 0 Å². The molecule has 0 unspecified atom stereocenters. The van der Waals surface area contributed by atoms with Gasteiger partial charge in [-0.1, -0.05) is 17.7 Å². The van der Waals surface area contributed by atoms with Crippen LogP contribution in [0.3, 0.4) is 0 Å². The summed E-state index contributed by atoms with van der Waals surface area (Å²) < 4.78 is 0. The summed E-state index contributed by atoms with van der Waals surface area (Å²) in [7, 11) is 0. The van der Waals surface area contributed by atoms with E-state index in [0.29, 0.717) is 11.3 Å². The average Bonchev–Trinajstić information content (AvgIpc) is 2.54. The number of barbiturate groups is 1. The van der Waals surface area contributed by atoms with Crippen LogP contribution in [0.1, 0.15) is 11.1 Å². The predicted molar refractivity (Wildman–Crippen MR) is 84.4 cm³/mol. The van der Waals surface area contributed by atoms with Crippen molar-refractivity contribution in [2.45, 2.75) is 6.92 Å². The molecule has 2 aromatic rings. The summed E-state index contributed by atoms with van der Waals surface area (Å²) in [5, 5.41) is 2.19. The van der Waals surface area contributed by atoms with Gasteiger partial charge in [-0.2, -0.15) is 0 Å². The molecule has 23 heavy (non-hydrogen) atoms. The molecule has 1 aromatic heterocycles. The number of aromatic nitrogens is 1. The molecule has 114 valence electrons. The molecule has 1 aliphatic heterocycles. The van der Waals surface area contributed by atoms with E-state index >= 15 is 0 Å². The summed E-state index contributed by atoms with van der Waals surface area (Å²) in [5.74, 6) is -1.36. The lowest BCUT2D eigenvalue weighted by molar-refractivity contribution is -0.122. The zero-order chi connectivity index (χ0) is 16.4. The first-order valence-electron chi connectivity index (χ1n) is 6.94. The van der Waals surface area contributed by atoms with E-state index in [4.69, 9.17) is 0 Å². The smallest absolute Gasteiger partial charge is 0.273 e. The van der Waals surface area contributed by atoms with E-state index in [0.717, 1.165) is 10.5 Å². The van der Waals surface area contributed by atoms with E-state index < -0.39 is 17.8 Å². The minimum absolute atomic E-state index is 0.101. The molecule has 6 heteroatoms. The van der Waals surface area contributed by atoms with Gasteiger partial charge in [0, 0.05) is 12.4 Å². The monoisotopic (exact) mass is 307 g/mol. The SMILES string of the molecule is Cc1ccc(N2C(=O)NC(=O)/C(=C\c3ccncc3)C2=O)cc1. The minimum Gasteiger partial charge on any atom is -0.273 e. The van der Waals surface area contributed by atoms with Crippen LogP contribution in [-0.2, 0) is 9.59 Å². The summed E-state index contributed by atoms with van der Waals surface area (Å²) in [6, 6.07) is 9.48. The zero-order valence-electron chi connectivity index (χ0n) is 12.3. The first-order chi connectivity index (χ1) is 11.1. The predicted octanol–water partition coefficient (Wildman–Crippen LogP) is 2.06. The van der Waals surface area contributed by atoms with Gasteiger partial charge in [-0.25, -0.2) is 9.69 Å². The van der Waals surface area contributed by atoms with Gasteiger partial charge in [0.2, 0.25) is 0 Å². The normalized spacial score (nSPS) is 16.7. The highest BCUT2D eigenvalue weighted by atomic mass is 16.2. The number of hydrogen-bond acceptors (Lipinski definition) is 4. The van der Waals surface area contributed by atoms with Crippen molar-refractivity contribution in [3.05, 3.63) is 65.5 Å². The molecule has 0 atom stereocenters. The fourth-order valence-electron chi connectivity index (χ4n) is 2.21. The molecule has 4 amide bonds. The van der Waals surface area contributed by atoms with Gasteiger partial charge >= 0.3 is 6.03 Å². The lowest BCUT2D eigenvalue weighted by Gasteiger charge is -2.26. The van der Waals surface area contributed by atoms with Crippen LogP contribution in [0.25, 0.3) is 6.08 Å². The number of nitrogens with zero attached hydrogens (tertiary/aromatic N) is 2. The largest absolute Gasteiger partial charge is 0.335 e. The standard InChI is InChI=1S/C17H13N3O3/c1-11-2-4-13(5-3-11)20-16(22)14(15(21)19-17(20)23)10-12-6-8-18-9-7-12/h2-10H,1H3,(H,19,21,23)/b14-10+. The highest BCUT2D eigenvalue weighted by molar-refractivity contribution is 6.39. The molecule has 1 fully saturated rings. The Kier molecular flexibility index (Phi) is 3.72. The second kappa shape index (κ2) is 5.84. The summed E-state index contributed by atoms with van der Waals surface area (Å²) in [4.78, 5) is 41.5. The number of hydrogen-bond donors (Lipinski definition) is 1. The summed E-state index contributed by atoms with van der Waals surface area (Å²) in [5.41, 5.74) is 1.96. The van der Waals surface area contributed by atoms with Crippen molar-refractivity contribution in [2.75, 3.05) is 4.90 Å². The summed E-state index contributed by atoms with van der Waals surface area (Å²) >= 11 is 0. The number of rotatable bonds is 2. The molecule has 0 aliphatic carbocycles. The van der Waals surface area contributed by atoms with E-state index in [1.807, 2.05) is 6.92 Å². The quantitative estimate of drug-likeness (QED) is 0.680. The van der Waals surface area contributed by atoms with Crippen molar-refractivity contribution >= 4 is 29.6 Å². The summed E-state index contributed by atoms with van der Waals surface area (Å²) in [6.45, 7) is 1.90. The maximum atomic E-state index is 12.6. The number of nitrogens with one attached hydrogen (secondary N) is 1. The molecule has 0 bridgehead atoms. The van der Waals surface area contributed by atoms with Crippen LogP contribution in [-0.4, -0.2) is 22.8 Å². The van der Waals surface area contributed by atoms with Crippen LogP contribution in [0.2, 0.25) is 0 Å². The van der Waals surface area contributed by atoms with E-state index in [9.17, 15) is 14.4 Å². The molecule has 1 aliphatic rings. The van der Waals surface area contributed by atoms with Crippen LogP contribution in [0.5, 0.6) is 0 Å². The van der Waals surface area contributed by atoms with Gasteiger partial charge in [0.1, 0.15) is 5.57 Å². The van der Waals surface area contributed by atoms with E-state index in [2.05, 4.69) is 10.3 Å². The Morgan fingerprint density at radius 1 is 1.00 bits per heavy atom. The number of anilines is 1. The van der Waals surface area contributed by atoms with Gasteiger partial charge in [0.15, 0.2) is 0 Å². The number of urea groups is 1. The van der Waals surface area contributed by atoms with E-state index in [1.165, 1.54) is 6.08 Å². The van der Waals surface area contributed by atoms with Gasteiger partial charge in [-0.15, -0.1) is 0 Å². The molecule has 0 saturated carbocycles. The van der Waals surface area contributed by atoms with Crippen LogP contribution >= 0.6 is 0 Å². The number of pyridine rings is 1. The second-order valence-electron chi connectivity index (χ2n) is 5.07. The topological polar surface area (TPSA) is 79.4 Å². The Morgan fingerprint density at radius 3 is 2.30 bits per heavy atom. The fraction of sp³-hybridized carbons (Fsp3) is 0.0588. The number of aryl methyl sites for hydroxylation is 1. The number of amides is 4. The highest BCUT2D eigenvalue weighted by Gasteiger charge is 2.36. The van der Waals surface area contributed by atoms with Crippen LogP contribution < -0.4 is 10.2 Å². The second-order valence-corrected chi connectivity index (χ2v) is 5.07. The van der Waals surface area contributed by atoms with Crippen LogP contribution in [0.4, 0.5) is 10.5 Å². The number of carbonyl (C=O) groups excluding carboxylic acids is 3. The maximum Gasteiger partial charge on any atom is 0.335 e. The number of benzene rings is 1. The third-order valence-electron chi connectivity index (χ3n) is 3.41.